The van der Waals surface area contributed by atoms with Gasteiger partial charge in [-0.2, -0.15) is 0 Å². The molecular weight excluding hydrogens is 204 g/mol. The molecule has 16 heavy (non-hydrogen) atoms. The number of hydrogen-bond donors (Lipinski definition) is 1. The van der Waals surface area contributed by atoms with Crippen molar-refractivity contribution in [3.05, 3.63) is 18.3 Å². The number of hydrogen-bond acceptors (Lipinski definition) is 4. The summed E-state index contributed by atoms with van der Waals surface area (Å²) in [6, 6.07) is 3.70. The molecule has 88 valence electrons. The minimum atomic E-state index is -0.0718. The second kappa shape index (κ2) is 4.70. The Morgan fingerprint density at radius 1 is 1.38 bits per heavy atom. The lowest BCUT2D eigenvalue weighted by Crippen LogP contribution is -2.43. The monoisotopic (exact) mass is 222 g/mol. The van der Waals surface area contributed by atoms with Gasteiger partial charge in [-0.3, -0.25) is 0 Å². The average Bonchev–Trinajstić information content (AvgIpc) is 2.29. The van der Waals surface area contributed by atoms with Crippen LogP contribution in [0.5, 0.6) is 11.6 Å². The van der Waals surface area contributed by atoms with Crippen LogP contribution in [0.15, 0.2) is 18.3 Å². The molecule has 1 aliphatic heterocycles. The highest BCUT2D eigenvalue weighted by Gasteiger charge is 2.28. The predicted octanol–water partition coefficient (Wildman–Crippen LogP) is 1.61. The van der Waals surface area contributed by atoms with E-state index in [-0.39, 0.29) is 5.60 Å². The Labute approximate surface area is 96.0 Å². The van der Waals surface area contributed by atoms with Gasteiger partial charge in [0.05, 0.1) is 7.11 Å². The van der Waals surface area contributed by atoms with Crippen LogP contribution in [0.4, 0.5) is 0 Å². The van der Waals surface area contributed by atoms with Crippen LogP contribution in [0.2, 0.25) is 0 Å². The van der Waals surface area contributed by atoms with Crippen LogP contribution in [0.1, 0.15) is 19.8 Å². The van der Waals surface area contributed by atoms with E-state index >= 15 is 0 Å². The van der Waals surface area contributed by atoms with Gasteiger partial charge >= 0.3 is 0 Å². The van der Waals surface area contributed by atoms with Crippen LogP contribution in [0.3, 0.4) is 0 Å². The third-order valence-electron chi connectivity index (χ3n) is 2.94. The molecule has 1 aromatic rings. The van der Waals surface area contributed by atoms with Gasteiger partial charge in [0.15, 0.2) is 0 Å². The smallest absolute Gasteiger partial charge is 0.216 e. The van der Waals surface area contributed by atoms with Gasteiger partial charge in [-0.1, -0.05) is 0 Å². The summed E-state index contributed by atoms with van der Waals surface area (Å²) < 4.78 is 11.1. The molecule has 2 heterocycles. The van der Waals surface area contributed by atoms with E-state index in [1.54, 1.807) is 13.3 Å². The van der Waals surface area contributed by atoms with Crippen molar-refractivity contribution < 1.29 is 9.47 Å². The maximum Gasteiger partial charge on any atom is 0.216 e. The van der Waals surface area contributed by atoms with E-state index in [1.807, 2.05) is 12.1 Å². The molecule has 1 fully saturated rings. The van der Waals surface area contributed by atoms with Crippen molar-refractivity contribution in [2.75, 3.05) is 20.2 Å². The SMILES string of the molecule is COc1cc(OC2(C)CCNCC2)ccn1. The molecule has 1 aromatic heterocycles. The first-order valence-corrected chi connectivity index (χ1v) is 5.62. The fraction of sp³-hybridized carbons (Fsp3) is 0.583. The molecule has 4 heteroatoms. The van der Waals surface area contributed by atoms with Crippen molar-refractivity contribution in [3.63, 3.8) is 0 Å². The summed E-state index contributed by atoms with van der Waals surface area (Å²) >= 11 is 0. The summed E-state index contributed by atoms with van der Waals surface area (Å²) in [4.78, 5) is 4.06. The van der Waals surface area contributed by atoms with Crippen molar-refractivity contribution in [1.82, 2.24) is 10.3 Å². The number of pyridine rings is 1. The highest BCUT2D eigenvalue weighted by Crippen LogP contribution is 2.27. The molecule has 2 rings (SSSR count). The third kappa shape index (κ3) is 2.64. The summed E-state index contributed by atoms with van der Waals surface area (Å²) in [5.41, 5.74) is -0.0718. The number of rotatable bonds is 3. The molecule has 0 bridgehead atoms. The quantitative estimate of drug-likeness (QED) is 0.843. The molecular formula is C12H18N2O2. The first-order chi connectivity index (χ1) is 7.72. The first kappa shape index (κ1) is 11.2. The maximum absolute atomic E-state index is 6.03. The zero-order valence-electron chi connectivity index (χ0n) is 9.82. The number of aromatic nitrogens is 1. The van der Waals surface area contributed by atoms with Crippen molar-refractivity contribution >= 4 is 0 Å². The Morgan fingerprint density at radius 2 is 2.12 bits per heavy atom. The van der Waals surface area contributed by atoms with Gasteiger partial charge < -0.3 is 14.8 Å². The Bertz CT molecular complexity index is 349. The van der Waals surface area contributed by atoms with Crippen LogP contribution in [0.25, 0.3) is 0 Å². The lowest BCUT2D eigenvalue weighted by atomic mass is 9.94. The standard InChI is InChI=1S/C12H18N2O2/c1-12(4-7-13-8-5-12)16-10-3-6-14-11(9-10)15-2/h3,6,9,13H,4-5,7-8H2,1-2H3. The van der Waals surface area contributed by atoms with Gasteiger partial charge in [0, 0.05) is 12.3 Å². The average molecular weight is 222 g/mol. The Morgan fingerprint density at radius 3 is 2.81 bits per heavy atom. The second-order valence-electron chi connectivity index (χ2n) is 4.34. The van der Waals surface area contributed by atoms with Gasteiger partial charge in [-0.15, -0.1) is 0 Å². The zero-order valence-corrected chi connectivity index (χ0v) is 9.82. The van der Waals surface area contributed by atoms with E-state index in [4.69, 9.17) is 9.47 Å². The number of nitrogens with one attached hydrogen (secondary N) is 1. The molecule has 0 radical (unpaired) electrons. The van der Waals surface area contributed by atoms with E-state index in [0.29, 0.717) is 5.88 Å². The summed E-state index contributed by atoms with van der Waals surface area (Å²) in [6.45, 7) is 4.18. The van der Waals surface area contributed by atoms with E-state index in [2.05, 4.69) is 17.2 Å². The molecule has 0 amide bonds. The molecule has 0 aliphatic carbocycles. The molecule has 1 aliphatic rings. The molecule has 1 N–H and O–H groups in total. The highest BCUT2D eigenvalue weighted by molar-refractivity contribution is 5.26. The summed E-state index contributed by atoms with van der Waals surface area (Å²) in [6.07, 6.45) is 3.76. The minimum Gasteiger partial charge on any atom is -0.487 e. The Hall–Kier alpha value is -1.29. The van der Waals surface area contributed by atoms with E-state index in [0.717, 1.165) is 31.7 Å². The van der Waals surface area contributed by atoms with Crippen LogP contribution in [0, 0.1) is 0 Å². The molecule has 0 atom stereocenters. The van der Waals surface area contributed by atoms with Crippen molar-refractivity contribution in [1.29, 1.82) is 0 Å². The van der Waals surface area contributed by atoms with Crippen molar-refractivity contribution in [2.24, 2.45) is 0 Å². The Kier molecular flexibility index (Phi) is 3.29. The fourth-order valence-electron chi connectivity index (χ4n) is 1.91. The molecule has 4 nitrogen and oxygen atoms in total. The molecule has 1 saturated heterocycles. The largest absolute Gasteiger partial charge is 0.487 e. The Balaban J connectivity index is 2.07. The number of ether oxygens (including phenoxy) is 2. The maximum atomic E-state index is 6.03. The second-order valence-corrected chi connectivity index (χ2v) is 4.34. The minimum absolute atomic E-state index is 0.0718. The van der Waals surface area contributed by atoms with Crippen LogP contribution in [-0.4, -0.2) is 30.8 Å². The van der Waals surface area contributed by atoms with E-state index in [1.165, 1.54) is 0 Å². The molecule has 0 unspecified atom stereocenters. The van der Waals surface area contributed by atoms with Gasteiger partial charge in [0.1, 0.15) is 11.4 Å². The van der Waals surface area contributed by atoms with Crippen LogP contribution in [-0.2, 0) is 0 Å². The van der Waals surface area contributed by atoms with Crippen LogP contribution >= 0.6 is 0 Å². The number of nitrogens with zero attached hydrogens (tertiary/aromatic N) is 1. The highest BCUT2D eigenvalue weighted by atomic mass is 16.5. The molecule has 0 saturated carbocycles. The summed E-state index contributed by atoms with van der Waals surface area (Å²) in [7, 11) is 1.61. The number of piperidine rings is 1. The third-order valence-corrected chi connectivity index (χ3v) is 2.94. The summed E-state index contributed by atoms with van der Waals surface area (Å²) in [5.74, 6) is 1.42. The van der Waals surface area contributed by atoms with Gasteiger partial charge in [0.2, 0.25) is 5.88 Å². The zero-order chi connectivity index (χ0) is 11.4. The normalized spacial score (nSPS) is 19.1. The van der Waals surface area contributed by atoms with Gasteiger partial charge in [-0.25, -0.2) is 4.98 Å². The van der Waals surface area contributed by atoms with Gasteiger partial charge in [-0.05, 0) is 38.9 Å². The lowest BCUT2D eigenvalue weighted by Gasteiger charge is -2.34. The first-order valence-electron chi connectivity index (χ1n) is 5.62. The predicted molar refractivity (Wildman–Crippen MR) is 61.9 cm³/mol. The van der Waals surface area contributed by atoms with E-state index in [9.17, 15) is 0 Å². The fourth-order valence-corrected chi connectivity index (χ4v) is 1.91. The summed E-state index contributed by atoms with van der Waals surface area (Å²) in [5, 5.41) is 3.33. The van der Waals surface area contributed by atoms with E-state index < -0.39 is 0 Å². The lowest BCUT2D eigenvalue weighted by molar-refractivity contribution is 0.0552. The molecule has 0 aromatic carbocycles. The number of methoxy groups -OCH3 is 1. The van der Waals surface area contributed by atoms with Crippen LogP contribution < -0.4 is 14.8 Å². The van der Waals surface area contributed by atoms with Gasteiger partial charge in [0.25, 0.3) is 0 Å². The molecule has 0 spiro atoms. The topological polar surface area (TPSA) is 43.4 Å². The van der Waals surface area contributed by atoms with Crippen molar-refractivity contribution in [3.8, 4) is 11.6 Å². The van der Waals surface area contributed by atoms with Crippen molar-refractivity contribution in [2.45, 2.75) is 25.4 Å².